The Morgan fingerprint density at radius 3 is 2.67 bits per heavy atom. The second-order valence-corrected chi connectivity index (χ2v) is 10.8. The first-order chi connectivity index (χ1) is 15.8. The standard InChI is InChI=1S/C23H23IN4O4S/c1-15-11-17(24)6-9-21(15)26-22-12-19(33(30,31)28-18-3-2-10-25-13-18)7-8-20(22)23(29)27-32-14-16-4-5-16/h2-3,6-13,16,26,28H,4-5,14H2,1H3,(H,27,29). The van der Waals surface area contributed by atoms with Crippen LogP contribution in [0.3, 0.4) is 0 Å². The molecule has 3 N–H and O–H groups in total. The van der Waals surface area contributed by atoms with Crippen molar-refractivity contribution < 1.29 is 18.0 Å². The van der Waals surface area contributed by atoms with Gasteiger partial charge in [0, 0.05) is 15.5 Å². The molecule has 4 rings (SSSR count). The van der Waals surface area contributed by atoms with Crippen LogP contribution in [0.4, 0.5) is 17.1 Å². The van der Waals surface area contributed by atoms with Gasteiger partial charge in [-0.1, -0.05) is 0 Å². The predicted octanol–water partition coefficient (Wildman–Crippen LogP) is 4.61. The minimum Gasteiger partial charge on any atom is -0.355 e. The molecule has 1 aromatic heterocycles. The molecule has 1 heterocycles. The maximum atomic E-state index is 13.0. The number of pyridine rings is 1. The second-order valence-electron chi connectivity index (χ2n) is 7.82. The van der Waals surface area contributed by atoms with E-state index in [1.165, 1.54) is 24.4 Å². The number of rotatable bonds is 9. The molecule has 172 valence electrons. The number of carbonyl (C=O) groups excluding carboxylic acids is 1. The van der Waals surface area contributed by atoms with Gasteiger partial charge in [-0.2, -0.15) is 0 Å². The van der Waals surface area contributed by atoms with Crippen LogP contribution >= 0.6 is 22.6 Å². The lowest BCUT2D eigenvalue weighted by Crippen LogP contribution is -2.25. The molecule has 0 aliphatic heterocycles. The van der Waals surface area contributed by atoms with Crippen molar-refractivity contribution in [3.63, 3.8) is 0 Å². The lowest BCUT2D eigenvalue weighted by atomic mass is 10.1. The van der Waals surface area contributed by atoms with Crippen molar-refractivity contribution in [2.24, 2.45) is 5.92 Å². The van der Waals surface area contributed by atoms with E-state index in [4.69, 9.17) is 4.84 Å². The van der Waals surface area contributed by atoms with E-state index in [2.05, 4.69) is 43.1 Å². The fourth-order valence-electron chi connectivity index (χ4n) is 3.11. The van der Waals surface area contributed by atoms with Crippen LogP contribution in [0, 0.1) is 16.4 Å². The number of aryl methyl sites for hydroxylation is 1. The zero-order valence-electron chi connectivity index (χ0n) is 17.8. The van der Waals surface area contributed by atoms with Gasteiger partial charge in [-0.05, 0) is 102 Å². The lowest BCUT2D eigenvalue weighted by Gasteiger charge is -2.16. The Balaban J connectivity index is 1.64. The molecule has 2 aromatic carbocycles. The fraction of sp³-hybridized carbons (Fsp3) is 0.217. The van der Waals surface area contributed by atoms with E-state index in [0.29, 0.717) is 23.9 Å². The van der Waals surface area contributed by atoms with Crippen LogP contribution in [-0.2, 0) is 14.9 Å². The second kappa shape index (κ2) is 10.1. The van der Waals surface area contributed by atoms with Crippen molar-refractivity contribution in [1.29, 1.82) is 0 Å². The highest BCUT2D eigenvalue weighted by molar-refractivity contribution is 14.1. The van der Waals surface area contributed by atoms with Crippen molar-refractivity contribution in [3.05, 3.63) is 75.6 Å². The molecule has 8 nitrogen and oxygen atoms in total. The van der Waals surface area contributed by atoms with Gasteiger partial charge in [0.25, 0.3) is 15.9 Å². The Kier molecular flexibility index (Phi) is 7.15. The van der Waals surface area contributed by atoms with Gasteiger partial charge in [-0.25, -0.2) is 13.9 Å². The smallest absolute Gasteiger partial charge is 0.276 e. The van der Waals surface area contributed by atoms with E-state index >= 15 is 0 Å². The molecule has 33 heavy (non-hydrogen) atoms. The molecular weight excluding hydrogens is 555 g/mol. The summed E-state index contributed by atoms with van der Waals surface area (Å²) in [6.07, 6.45) is 5.18. The van der Waals surface area contributed by atoms with Crippen LogP contribution in [0.25, 0.3) is 0 Å². The van der Waals surface area contributed by atoms with Gasteiger partial charge in [-0.3, -0.25) is 19.3 Å². The number of halogens is 1. The number of carbonyl (C=O) groups is 1. The highest BCUT2D eigenvalue weighted by atomic mass is 127. The number of amides is 1. The Bertz CT molecular complexity index is 1260. The van der Waals surface area contributed by atoms with Crippen LogP contribution in [0.5, 0.6) is 0 Å². The molecule has 3 aromatic rings. The Labute approximate surface area is 206 Å². The fourth-order valence-corrected chi connectivity index (χ4v) is 4.82. The molecule has 0 spiro atoms. The van der Waals surface area contributed by atoms with Crippen LogP contribution in [0.1, 0.15) is 28.8 Å². The average molecular weight is 578 g/mol. The zero-order chi connectivity index (χ0) is 23.4. The van der Waals surface area contributed by atoms with Gasteiger partial charge in [0.15, 0.2) is 0 Å². The summed E-state index contributed by atoms with van der Waals surface area (Å²) < 4.78 is 29.5. The third-order valence-corrected chi connectivity index (χ3v) is 7.15. The van der Waals surface area contributed by atoms with Crippen LogP contribution in [-0.4, -0.2) is 25.9 Å². The Hall–Kier alpha value is -2.70. The minimum absolute atomic E-state index is 0.00691. The molecule has 0 atom stereocenters. The lowest BCUT2D eigenvalue weighted by molar-refractivity contribution is 0.0271. The van der Waals surface area contributed by atoms with E-state index in [-0.39, 0.29) is 10.5 Å². The number of nitrogens with one attached hydrogen (secondary N) is 3. The zero-order valence-corrected chi connectivity index (χ0v) is 20.8. The quantitative estimate of drug-likeness (QED) is 0.253. The van der Waals surface area contributed by atoms with Crippen LogP contribution < -0.4 is 15.5 Å². The maximum Gasteiger partial charge on any atom is 0.276 e. The monoisotopic (exact) mass is 578 g/mol. The highest BCUT2D eigenvalue weighted by Gasteiger charge is 2.23. The van der Waals surface area contributed by atoms with Crippen molar-refractivity contribution in [3.8, 4) is 0 Å². The van der Waals surface area contributed by atoms with Crippen molar-refractivity contribution in [1.82, 2.24) is 10.5 Å². The van der Waals surface area contributed by atoms with Gasteiger partial charge in [0.05, 0.1) is 34.6 Å². The van der Waals surface area contributed by atoms with Gasteiger partial charge in [0.1, 0.15) is 0 Å². The van der Waals surface area contributed by atoms with Crippen molar-refractivity contribution >= 4 is 55.6 Å². The molecule has 0 saturated heterocycles. The van der Waals surface area contributed by atoms with Gasteiger partial charge >= 0.3 is 0 Å². The van der Waals surface area contributed by atoms with Gasteiger partial charge in [-0.15, -0.1) is 0 Å². The summed E-state index contributed by atoms with van der Waals surface area (Å²) in [6.45, 7) is 2.40. The molecular formula is C23H23IN4O4S. The molecule has 0 unspecified atom stereocenters. The summed E-state index contributed by atoms with van der Waals surface area (Å²) in [5.41, 5.74) is 5.14. The van der Waals surface area contributed by atoms with Crippen molar-refractivity contribution in [2.45, 2.75) is 24.7 Å². The number of sulfonamides is 1. The third-order valence-electron chi connectivity index (χ3n) is 5.10. The van der Waals surface area contributed by atoms with E-state index in [1.54, 1.807) is 18.3 Å². The average Bonchev–Trinajstić information content (AvgIpc) is 3.60. The largest absolute Gasteiger partial charge is 0.355 e. The topological polar surface area (TPSA) is 109 Å². The summed E-state index contributed by atoms with van der Waals surface area (Å²) in [7, 11) is -3.90. The number of nitrogens with zero attached hydrogens (tertiary/aromatic N) is 1. The minimum atomic E-state index is -3.90. The summed E-state index contributed by atoms with van der Waals surface area (Å²) in [6, 6.07) is 13.4. The summed E-state index contributed by atoms with van der Waals surface area (Å²) in [5.74, 6) is 0.0360. The molecule has 1 saturated carbocycles. The number of hydroxylamine groups is 1. The van der Waals surface area contributed by atoms with Crippen molar-refractivity contribution in [2.75, 3.05) is 16.6 Å². The number of hydrogen-bond donors (Lipinski definition) is 3. The highest BCUT2D eigenvalue weighted by Crippen LogP contribution is 2.30. The third kappa shape index (κ3) is 6.21. The summed E-state index contributed by atoms with van der Waals surface area (Å²) >= 11 is 2.22. The normalized spacial score (nSPS) is 13.4. The molecule has 0 bridgehead atoms. The van der Waals surface area contributed by atoms with E-state index in [9.17, 15) is 13.2 Å². The Morgan fingerprint density at radius 2 is 1.97 bits per heavy atom. The van der Waals surface area contributed by atoms with E-state index < -0.39 is 15.9 Å². The molecule has 1 aliphatic rings. The maximum absolute atomic E-state index is 13.0. The first kappa shape index (κ1) is 23.5. The number of aromatic nitrogens is 1. The first-order valence-corrected chi connectivity index (χ1v) is 12.9. The van der Waals surface area contributed by atoms with Crippen LogP contribution in [0.2, 0.25) is 0 Å². The molecule has 1 fully saturated rings. The van der Waals surface area contributed by atoms with E-state index in [1.807, 2.05) is 25.1 Å². The Morgan fingerprint density at radius 1 is 1.15 bits per heavy atom. The van der Waals surface area contributed by atoms with Crippen LogP contribution in [0.15, 0.2) is 65.8 Å². The number of anilines is 3. The number of benzene rings is 2. The number of hydrogen-bond acceptors (Lipinski definition) is 6. The molecule has 10 heteroatoms. The summed E-state index contributed by atoms with van der Waals surface area (Å²) in [4.78, 5) is 22.1. The van der Waals surface area contributed by atoms with E-state index in [0.717, 1.165) is 27.7 Å². The molecule has 1 amide bonds. The van der Waals surface area contributed by atoms with Gasteiger partial charge < -0.3 is 5.32 Å². The predicted molar refractivity (Wildman–Crippen MR) is 135 cm³/mol. The molecule has 0 radical (unpaired) electrons. The first-order valence-electron chi connectivity index (χ1n) is 10.3. The summed E-state index contributed by atoms with van der Waals surface area (Å²) in [5, 5.41) is 3.21. The van der Waals surface area contributed by atoms with Gasteiger partial charge in [0.2, 0.25) is 0 Å². The SMILES string of the molecule is Cc1cc(I)ccc1Nc1cc(S(=O)(=O)Nc2cccnc2)ccc1C(=O)NOCC1CC1. The molecule has 1 aliphatic carbocycles.